The summed E-state index contributed by atoms with van der Waals surface area (Å²) in [6.07, 6.45) is 10.3. The average Bonchev–Trinajstić information content (AvgIpc) is 3.38. The van der Waals surface area contributed by atoms with E-state index in [2.05, 4.69) is 66.5 Å². The molecule has 0 aliphatic carbocycles. The number of nitrogens with zero attached hydrogens (tertiary/aromatic N) is 4. The Balaban J connectivity index is 1.45. The number of piperidine rings is 2. The number of hydrogen-bond donors (Lipinski definition) is 2. The highest BCUT2D eigenvalue weighted by molar-refractivity contribution is 5.77. The summed E-state index contributed by atoms with van der Waals surface area (Å²) in [5, 5.41) is 11.6. The third-order valence-corrected chi connectivity index (χ3v) is 7.26. The minimum absolute atomic E-state index is 0.107. The Hall–Kier alpha value is -2.77. The quantitative estimate of drug-likeness (QED) is 0.543. The lowest BCUT2D eigenvalue weighted by Gasteiger charge is -2.23. The van der Waals surface area contributed by atoms with Crippen molar-refractivity contribution in [2.45, 2.75) is 57.9 Å². The second-order valence-electron chi connectivity index (χ2n) is 10.9. The lowest BCUT2D eigenvalue weighted by atomic mass is 9.86. The van der Waals surface area contributed by atoms with Crippen molar-refractivity contribution in [3.05, 3.63) is 48.4 Å². The van der Waals surface area contributed by atoms with Gasteiger partial charge in [0, 0.05) is 17.3 Å². The zero-order chi connectivity index (χ0) is 24.3. The van der Waals surface area contributed by atoms with Crippen molar-refractivity contribution >= 4 is 0 Å². The molecule has 4 heterocycles. The van der Waals surface area contributed by atoms with Crippen LogP contribution in [0.1, 0.15) is 58.1 Å². The maximum Gasteiger partial charge on any atom is 0.232 e. The van der Waals surface area contributed by atoms with E-state index in [1.165, 1.54) is 5.56 Å². The molecule has 2 aliphatic heterocycles. The van der Waals surface area contributed by atoms with Gasteiger partial charge in [0.2, 0.25) is 5.88 Å². The molecule has 2 aromatic heterocycles. The Kier molecular flexibility index (Phi) is 7.16. The monoisotopic (exact) mass is 474 g/mol. The molecule has 0 bridgehead atoms. The maximum atomic E-state index is 6.15. The smallest absolute Gasteiger partial charge is 0.232 e. The molecular weight excluding hydrogens is 436 g/mol. The Morgan fingerprint density at radius 2 is 1.57 bits per heavy atom. The van der Waals surface area contributed by atoms with Crippen molar-refractivity contribution in [2.75, 3.05) is 32.8 Å². The molecule has 5 rings (SSSR count). The van der Waals surface area contributed by atoms with E-state index in [0.717, 1.165) is 74.4 Å². The molecule has 2 fully saturated rings. The predicted molar refractivity (Wildman–Crippen MR) is 140 cm³/mol. The van der Waals surface area contributed by atoms with Crippen LogP contribution in [-0.4, -0.2) is 52.5 Å². The summed E-state index contributed by atoms with van der Waals surface area (Å²) in [6, 6.07) is 9.12. The topological polar surface area (TPSA) is 76.9 Å². The van der Waals surface area contributed by atoms with E-state index < -0.39 is 0 Å². The van der Waals surface area contributed by atoms with Gasteiger partial charge in [0.25, 0.3) is 0 Å². The zero-order valence-electron chi connectivity index (χ0n) is 21.3. The molecule has 186 valence electrons. The minimum Gasteiger partial charge on any atom is -0.476 e. The standard InChI is InChI=1S/C28H38N6O/c1-28(2,3)23-6-4-21(5-7-23)26-27(22-16-32-34(18-22)24-10-14-30-15-11-24)33-25(17-31-26)35-19-20-8-12-29-13-9-20/h4-7,16-18,20,24,29-30H,8-15,19H2,1-3H3. The largest absolute Gasteiger partial charge is 0.476 e. The average molecular weight is 475 g/mol. The zero-order valence-corrected chi connectivity index (χ0v) is 21.3. The van der Waals surface area contributed by atoms with Gasteiger partial charge in [-0.05, 0) is 68.8 Å². The van der Waals surface area contributed by atoms with Gasteiger partial charge >= 0.3 is 0 Å². The van der Waals surface area contributed by atoms with Gasteiger partial charge in [0.05, 0.1) is 30.7 Å². The Labute approximate surface area is 208 Å². The van der Waals surface area contributed by atoms with Gasteiger partial charge in [-0.2, -0.15) is 5.10 Å². The second kappa shape index (κ2) is 10.5. The molecule has 3 aromatic rings. The van der Waals surface area contributed by atoms with Crippen molar-refractivity contribution in [2.24, 2.45) is 5.92 Å². The number of aromatic nitrogens is 4. The molecule has 7 heteroatoms. The summed E-state index contributed by atoms with van der Waals surface area (Å²) in [5.41, 5.74) is 5.14. The predicted octanol–water partition coefficient (Wildman–Crippen LogP) is 4.61. The van der Waals surface area contributed by atoms with Crippen LogP contribution in [0.3, 0.4) is 0 Å². The molecule has 2 saturated heterocycles. The molecule has 0 radical (unpaired) electrons. The van der Waals surface area contributed by atoms with Gasteiger partial charge in [-0.25, -0.2) is 9.97 Å². The molecule has 1 aromatic carbocycles. The van der Waals surface area contributed by atoms with E-state index in [-0.39, 0.29) is 5.41 Å². The lowest BCUT2D eigenvalue weighted by Crippen LogP contribution is -2.30. The first-order valence-electron chi connectivity index (χ1n) is 13.0. The van der Waals surface area contributed by atoms with Crippen LogP contribution < -0.4 is 15.4 Å². The van der Waals surface area contributed by atoms with Gasteiger partial charge < -0.3 is 15.4 Å². The van der Waals surface area contributed by atoms with E-state index in [4.69, 9.17) is 19.8 Å². The molecule has 0 atom stereocenters. The summed E-state index contributed by atoms with van der Waals surface area (Å²) in [7, 11) is 0. The number of rotatable bonds is 6. The van der Waals surface area contributed by atoms with Crippen molar-refractivity contribution in [3.63, 3.8) is 0 Å². The van der Waals surface area contributed by atoms with Crippen LogP contribution in [0.15, 0.2) is 42.9 Å². The number of nitrogens with one attached hydrogen (secondary N) is 2. The van der Waals surface area contributed by atoms with Gasteiger partial charge in [-0.1, -0.05) is 45.0 Å². The number of ether oxygens (including phenoxy) is 1. The highest BCUT2D eigenvalue weighted by atomic mass is 16.5. The van der Waals surface area contributed by atoms with Crippen LogP contribution in [0, 0.1) is 5.92 Å². The SMILES string of the molecule is CC(C)(C)c1ccc(-c2ncc(OCC3CCNCC3)nc2-c2cnn(C3CCNCC3)c2)cc1. The fourth-order valence-corrected chi connectivity index (χ4v) is 4.97. The summed E-state index contributed by atoms with van der Waals surface area (Å²) < 4.78 is 8.25. The first-order chi connectivity index (χ1) is 17.0. The summed E-state index contributed by atoms with van der Waals surface area (Å²) in [6.45, 7) is 11.6. The summed E-state index contributed by atoms with van der Waals surface area (Å²) in [5.74, 6) is 1.15. The van der Waals surface area contributed by atoms with Crippen LogP contribution in [0.25, 0.3) is 22.5 Å². The molecule has 7 nitrogen and oxygen atoms in total. The third kappa shape index (κ3) is 5.73. The summed E-state index contributed by atoms with van der Waals surface area (Å²) >= 11 is 0. The highest BCUT2D eigenvalue weighted by Crippen LogP contribution is 2.33. The van der Waals surface area contributed by atoms with E-state index in [1.54, 1.807) is 6.20 Å². The number of benzene rings is 1. The Morgan fingerprint density at radius 1 is 0.886 bits per heavy atom. The van der Waals surface area contributed by atoms with Crippen molar-refractivity contribution in [1.82, 2.24) is 30.4 Å². The fourth-order valence-electron chi connectivity index (χ4n) is 4.97. The van der Waals surface area contributed by atoms with Crippen molar-refractivity contribution < 1.29 is 4.74 Å². The van der Waals surface area contributed by atoms with E-state index in [1.807, 2.05) is 6.20 Å². The molecule has 0 saturated carbocycles. The Bertz CT molecular complexity index is 1110. The molecule has 35 heavy (non-hydrogen) atoms. The normalized spacial score (nSPS) is 18.0. The third-order valence-electron chi connectivity index (χ3n) is 7.26. The van der Waals surface area contributed by atoms with Gasteiger partial charge in [-0.15, -0.1) is 0 Å². The second-order valence-corrected chi connectivity index (χ2v) is 10.9. The van der Waals surface area contributed by atoms with Crippen LogP contribution in [-0.2, 0) is 5.41 Å². The van der Waals surface area contributed by atoms with Crippen molar-refractivity contribution in [1.29, 1.82) is 0 Å². The molecule has 0 spiro atoms. The minimum atomic E-state index is 0.107. The molecule has 2 aliphatic rings. The first kappa shape index (κ1) is 23.9. The van der Waals surface area contributed by atoms with Crippen LogP contribution in [0.2, 0.25) is 0 Å². The maximum absolute atomic E-state index is 6.15. The lowest BCUT2D eigenvalue weighted by molar-refractivity contribution is 0.208. The molecule has 0 amide bonds. The van der Waals surface area contributed by atoms with Crippen LogP contribution in [0.5, 0.6) is 5.88 Å². The van der Waals surface area contributed by atoms with E-state index in [0.29, 0.717) is 24.4 Å². The fraction of sp³-hybridized carbons (Fsp3) is 0.536. The molecular formula is C28H38N6O. The van der Waals surface area contributed by atoms with Gasteiger partial charge in [0.15, 0.2) is 0 Å². The first-order valence-corrected chi connectivity index (χ1v) is 13.0. The van der Waals surface area contributed by atoms with E-state index >= 15 is 0 Å². The molecule has 0 unspecified atom stereocenters. The Morgan fingerprint density at radius 3 is 2.26 bits per heavy atom. The van der Waals surface area contributed by atoms with Crippen LogP contribution in [0.4, 0.5) is 0 Å². The van der Waals surface area contributed by atoms with Gasteiger partial charge in [0.1, 0.15) is 5.69 Å². The highest BCUT2D eigenvalue weighted by Gasteiger charge is 2.21. The summed E-state index contributed by atoms with van der Waals surface area (Å²) in [4.78, 5) is 9.82. The molecule has 2 N–H and O–H groups in total. The number of hydrogen-bond acceptors (Lipinski definition) is 6. The van der Waals surface area contributed by atoms with Crippen molar-refractivity contribution in [3.8, 4) is 28.4 Å². The van der Waals surface area contributed by atoms with E-state index in [9.17, 15) is 0 Å². The van der Waals surface area contributed by atoms with Gasteiger partial charge in [-0.3, -0.25) is 4.68 Å². The van der Waals surface area contributed by atoms with Crippen LogP contribution >= 0.6 is 0 Å².